The molecule has 0 aromatic heterocycles. The van der Waals surface area contributed by atoms with E-state index in [1.807, 2.05) is 5.32 Å². The van der Waals surface area contributed by atoms with Crippen molar-refractivity contribution in [1.29, 1.82) is 0 Å². The van der Waals surface area contributed by atoms with Gasteiger partial charge in [-0.05, 0) is 12.1 Å². The molecule has 2 rings (SSSR count). The van der Waals surface area contributed by atoms with E-state index in [-0.39, 0.29) is 25.4 Å². The van der Waals surface area contributed by atoms with Crippen LogP contribution in [-0.4, -0.2) is 80.5 Å². The van der Waals surface area contributed by atoms with E-state index in [9.17, 15) is 49.5 Å². The zero-order chi connectivity index (χ0) is 26.6. The van der Waals surface area contributed by atoms with E-state index in [1.54, 1.807) is 0 Å². The Morgan fingerprint density at radius 2 is 1.74 bits per heavy atom. The highest BCUT2D eigenvalue weighted by atomic mass is 19.4. The summed E-state index contributed by atoms with van der Waals surface area (Å²) in [5.41, 5.74) is 4.29. The number of benzene rings is 1. The normalized spacial score (nSPS) is 15.9. The topological polar surface area (TPSA) is 114 Å². The molecule has 9 nitrogen and oxygen atoms in total. The first-order valence-corrected chi connectivity index (χ1v) is 9.52. The second kappa shape index (κ2) is 11.0. The number of rotatable bonds is 9. The number of hydrogen-bond acceptors (Lipinski definition) is 6. The van der Waals surface area contributed by atoms with Gasteiger partial charge in [0.05, 0.1) is 25.4 Å². The van der Waals surface area contributed by atoms with Crippen molar-refractivity contribution < 1.29 is 59.0 Å². The Labute approximate surface area is 191 Å². The molecular weight excluding hydrogens is 504 g/mol. The molecule has 0 aliphatic carbocycles. The maximum Gasteiger partial charge on any atom is 0.401 e. The van der Waals surface area contributed by atoms with Crippen LogP contribution in [0.3, 0.4) is 0 Å². The van der Waals surface area contributed by atoms with Crippen LogP contribution in [0.2, 0.25) is 0 Å². The van der Waals surface area contributed by atoms with Gasteiger partial charge in [0.2, 0.25) is 5.91 Å². The Hall–Kier alpha value is -3.21. The number of primary amides is 1. The summed E-state index contributed by atoms with van der Waals surface area (Å²) in [5.74, 6) is -4.78. The molecule has 1 heterocycles. The lowest BCUT2D eigenvalue weighted by Crippen LogP contribution is -2.56. The molecule has 196 valence electrons. The van der Waals surface area contributed by atoms with E-state index >= 15 is 0 Å². The number of carbonyl (C=O) groups is 3. The highest BCUT2D eigenvalue weighted by Gasteiger charge is 2.44. The standard InChI is InChI=1S/C18H18F8N4O5/c19-16(20)35-11-5-9(1-2-10(11)30-3-4-34-6-12(30)31)28-15(33)13(14(27)32)29(7-17(21,22)23)8-18(24,25)26/h1-2,5,13,16H,3-4,6-8H2,(H2,27,32)(H,28,33)/t13-/m1/s1. The molecule has 3 amide bonds. The first kappa shape index (κ1) is 28.0. The minimum atomic E-state index is -5.23. The van der Waals surface area contributed by atoms with Crippen LogP contribution in [-0.2, 0) is 19.1 Å². The molecule has 35 heavy (non-hydrogen) atoms. The van der Waals surface area contributed by atoms with Crippen LogP contribution in [0.25, 0.3) is 0 Å². The molecule has 0 radical (unpaired) electrons. The molecule has 0 unspecified atom stereocenters. The molecule has 1 aliphatic rings. The predicted molar refractivity (Wildman–Crippen MR) is 102 cm³/mol. The van der Waals surface area contributed by atoms with Gasteiger partial charge in [-0.1, -0.05) is 0 Å². The minimum absolute atomic E-state index is 0.0439. The summed E-state index contributed by atoms with van der Waals surface area (Å²) in [7, 11) is 0. The average Bonchev–Trinajstić information content (AvgIpc) is 2.65. The first-order chi connectivity index (χ1) is 16.1. The lowest BCUT2D eigenvalue weighted by atomic mass is 10.1. The van der Waals surface area contributed by atoms with Gasteiger partial charge in [0.15, 0.2) is 11.8 Å². The number of alkyl halides is 8. The molecule has 0 saturated carbocycles. The van der Waals surface area contributed by atoms with Crippen molar-refractivity contribution in [2.75, 3.05) is 43.1 Å². The van der Waals surface area contributed by atoms with Crippen LogP contribution in [0.5, 0.6) is 5.75 Å². The van der Waals surface area contributed by atoms with Gasteiger partial charge in [0.25, 0.3) is 11.8 Å². The van der Waals surface area contributed by atoms with Crippen LogP contribution >= 0.6 is 0 Å². The second-order valence-corrected chi connectivity index (χ2v) is 7.09. The summed E-state index contributed by atoms with van der Waals surface area (Å²) in [6.45, 7) is -8.34. The monoisotopic (exact) mass is 522 g/mol. The van der Waals surface area contributed by atoms with E-state index in [2.05, 4.69) is 4.74 Å². The van der Waals surface area contributed by atoms with Crippen molar-refractivity contribution in [3.8, 4) is 5.75 Å². The van der Waals surface area contributed by atoms with Crippen LogP contribution in [0, 0.1) is 0 Å². The average molecular weight is 522 g/mol. The SMILES string of the molecule is NC(=O)[C@H](C(=O)Nc1ccc(N2CCOCC2=O)c(OC(F)F)c1)N(CC(F)(F)F)CC(F)(F)F. The third-order valence-electron chi connectivity index (χ3n) is 4.37. The lowest BCUT2D eigenvalue weighted by molar-refractivity contribution is -0.187. The number of hydrogen-bond donors (Lipinski definition) is 2. The second-order valence-electron chi connectivity index (χ2n) is 7.09. The number of nitrogens with one attached hydrogen (secondary N) is 1. The van der Waals surface area contributed by atoms with Crippen molar-refractivity contribution in [2.45, 2.75) is 25.0 Å². The van der Waals surface area contributed by atoms with Gasteiger partial charge in [0.1, 0.15) is 6.61 Å². The zero-order valence-corrected chi connectivity index (χ0v) is 17.5. The summed E-state index contributed by atoms with van der Waals surface area (Å²) in [5, 5.41) is 1.86. The van der Waals surface area contributed by atoms with Crippen LogP contribution in [0.15, 0.2) is 18.2 Å². The van der Waals surface area contributed by atoms with Crippen molar-refractivity contribution in [1.82, 2.24) is 4.90 Å². The predicted octanol–water partition coefficient (Wildman–Crippen LogP) is 1.87. The van der Waals surface area contributed by atoms with Gasteiger partial charge in [-0.3, -0.25) is 19.3 Å². The number of halogens is 8. The van der Waals surface area contributed by atoms with Gasteiger partial charge in [-0.2, -0.15) is 35.1 Å². The minimum Gasteiger partial charge on any atom is -0.433 e. The third-order valence-corrected chi connectivity index (χ3v) is 4.37. The van der Waals surface area contributed by atoms with Gasteiger partial charge in [-0.25, -0.2) is 0 Å². The summed E-state index contributed by atoms with van der Waals surface area (Å²) in [6, 6.07) is 0.0691. The number of morpholine rings is 1. The summed E-state index contributed by atoms with van der Waals surface area (Å²) >= 11 is 0. The Morgan fingerprint density at radius 1 is 1.14 bits per heavy atom. The summed E-state index contributed by atoms with van der Waals surface area (Å²) in [4.78, 5) is 36.7. The van der Waals surface area contributed by atoms with Gasteiger partial charge < -0.3 is 25.4 Å². The molecule has 1 aliphatic heterocycles. The Balaban J connectivity index is 2.36. The molecule has 1 fully saturated rings. The molecule has 1 atom stereocenters. The molecule has 0 spiro atoms. The molecular formula is C18H18F8N4O5. The van der Waals surface area contributed by atoms with E-state index in [0.29, 0.717) is 0 Å². The van der Waals surface area contributed by atoms with Crippen LogP contribution in [0.1, 0.15) is 0 Å². The lowest BCUT2D eigenvalue weighted by Gasteiger charge is -2.30. The molecule has 1 saturated heterocycles. The van der Waals surface area contributed by atoms with Crippen molar-refractivity contribution in [2.24, 2.45) is 5.73 Å². The maximum absolute atomic E-state index is 12.9. The summed E-state index contributed by atoms with van der Waals surface area (Å²) in [6.07, 6.45) is -10.5. The third kappa shape index (κ3) is 8.50. The molecule has 0 bridgehead atoms. The molecule has 3 N–H and O–H groups in total. The van der Waals surface area contributed by atoms with E-state index < -0.39 is 72.2 Å². The first-order valence-electron chi connectivity index (χ1n) is 9.52. The number of carbonyl (C=O) groups excluding carboxylic acids is 3. The van der Waals surface area contributed by atoms with Crippen molar-refractivity contribution in [3.05, 3.63) is 18.2 Å². The number of ether oxygens (including phenoxy) is 2. The van der Waals surface area contributed by atoms with Gasteiger partial charge >= 0.3 is 19.0 Å². The highest BCUT2D eigenvalue weighted by Crippen LogP contribution is 2.34. The Morgan fingerprint density at radius 3 is 2.23 bits per heavy atom. The van der Waals surface area contributed by atoms with E-state index in [4.69, 9.17) is 10.5 Å². The fourth-order valence-electron chi connectivity index (χ4n) is 3.16. The largest absolute Gasteiger partial charge is 0.433 e. The van der Waals surface area contributed by atoms with E-state index in [0.717, 1.165) is 23.1 Å². The number of nitrogens with zero attached hydrogens (tertiary/aromatic N) is 2. The zero-order valence-electron chi connectivity index (χ0n) is 17.5. The number of amides is 3. The Kier molecular flexibility index (Phi) is 8.83. The van der Waals surface area contributed by atoms with Crippen molar-refractivity contribution in [3.63, 3.8) is 0 Å². The molecule has 1 aromatic rings. The molecule has 17 heteroatoms. The smallest absolute Gasteiger partial charge is 0.401 e. The number of anilines is 2. The fourth-order valence-corrected chi connectivity index (χ4v) is 3.16. The van der Waals surface area contributed by atoms with Crippen LogP contribution < -0.4 is 20.7 Å². The maximum atomic E-state index is 12.9. The van der Waals surface area contributed by atoms with Crippen molar-refractivity contribution >= 4 is 29.1 Å². The highest BCUT2D eigenvalue weighted by molar-refractivity contribution is 6.09. The Bertz CT molecular complexity index is 924. The van der Waals surface area contributed by atoms with E-state index in [1.165, 1.54) is 0 Å². The van der Waals surface area contributed by atoms with Gasteiger partial charge in [-0.15, -0.1) is 0 Å². The summed E-state index contributed by atoms with van der Waals surface area (Å²) < 4.78 is 112. The number of nitrogens with two attached hydrogens (primary N) is 1. The quantitative estimate of drug-likeness (QED) is 0.378. The van der Waals surface area contributed by atoms with Gasteiger partial charge in [0, 0.05) is 18.3 Å². The fraction of sp³-hybridized carbons (Fsp3) is 0.500. The van der Waals surface area contributed by atoms with Crippen LogP contribution in [0.4, 0.5) is 46.5 Å². The molecule has 1 aromatic carbocycles.